The van der Waals surface area contributed by atoms with Crippen LogP contribution in [0.4, 0.5) is 0 Å². The predicted molar refractivity (Wildman–Crippen MR) is 81.3 cm³/mol. The Labute approximate surface area is 123 Å². The lowest BCUT2D eigenvalue weighted by Crippen LogP contribution is -2.48. The van der Waals surface area contributed by atoms with Crippen LogP contribution in [0.1, 0.15) is 71.6 Å². The average Bonchev–Trinajstić information content (AvgIpc) is 2.83. The predicted octanol–water partition coefficient (Wildman–Crippen LogP) is 4.91. The third-order valence-corrected chi connectivity index (χ3v) is 7.65. The van der Waals surface area contributed by atoms with Crippen molar-refractivity contribution in [1.29, 1.82) is 0 Å². The number of fused-ring (bicyclic) bond motifs is 5. The molecule has 0 spiro atoms. The molecule has 3 saturated carbocycles. The fraction of sp³-hybridized carbons (Fsp3) is 0.842. The summed E-state index contributed by atoms with van der Waals surface area (Å²) in [6.07, 6.45) is 14.1. The van der Waals surface area contributed by atoms with Crippen LogP contribution in [-0.4, -0.2) is 5.78 Å². The second-order valence-electron chi connectivity index (χ2n) is 8.42. The van der Waals surface area contributed by atoms with E-state index in [1.54, 1.807) is 5.57 Å². The van der Waals surface area contributed by atoms with Gasteiger partial charge in [0.25, 0.3) is 0 Å². The van der Waals surface area contributed by atoms with Crippen LogP contribution in [0.3, 0.4) is 0 Å². The van der Waals surface area contributed by atoms with Crippen LogP contribution >= 0.6 is 0 Å². The fourth-order valence-electron chi connectivity index (χ4n) is 6.35. The summed E-state index contributed by atoms with van der Waals surface area (Å²) in [6.45, 7) is 4.75. The van der Waals surface area contributed by atoms with Crippen molar-refractivity contribution < 1.29 is 4.79 Å². The first-order valence-electron chi connectivity index (χ1n) is 8.82. The third kappa shape index (κ3) is 1.53. The zero-order chi connectivity index (χ0) is 14.0. The van der Waals surface area contributed by atoms with Crippen LogP contribution in [0, 0.1) is 28.6 Å². The molecule has 5 atom stereocenters. The first-order valence-corrected chi connectivity index (χ1v) is 8.82. The number of hydrogen-bond donors (Lipinski definition) is 0. The van der Waals surface area contributed by atoms with Crippen molar-refractivity contribution in [2.24, 2.45) is 28.6 Å². The lowest BCUT2D eigenvalue weighted by molar-refractivity contribution is -0.128. The van der Waals surface area contributed by atoms with Gasteiger partial charge in [-0.1, -0.05) is 38.7 Å². The Morgan fingerprint density at radius 3 is 2.60 bits per heavy atom. The van der Waals surface area contributed by atoms with Crippen molar-refractivity contribution in [3.8, 4) is 0 Å². The van der Waals surface area contributed by atoms with E-state index in [1.807, 2.05) is 0 Å². The van der Waals surface area contributed by atoms with Crippen molar-refractivity contribution >= 4 is 5.78 Å². The number of carbonyl (C=O) groups is 1. The Balaban J connectivity index is 1.78. The number of hydrogen-bond acceptors (Lipinski definition) is 1. The van der Waals surface area contributed by atoms with Gasteiger partial charge in [0.05, 0.1) is 0 Å². The maximum Gasteiger partial charge on any atom is 0.161 e. The van der Waals surface area contributed by atoms with Gasteiger partial charge in [0.2, 0.25) is 0 Å². The summed E-state index contributed by atoms with van der Waals surface area (Å²) in [5.41, 5.74) is 1.94. The number of carbonyl (C=O) groups excluding carboxylic acids is 1. The number of rotatable bonds is 0. The largest absolute Gasteiger partial charge is 0.294 e. The second-order valence-corrected chi connectivity index (χ2v) is 8.42. The van der Waals surface area contributed by atoms with Gasteiger partial charge < -0.3 is 0 Å². The molecule has 4 aliphatic carbocycles. The number of ketones is 1. The molecule has 0 bridgehead atoms. The van der Waals surface area contributed by atoms with Gasteiger partial charge >= 0.3 is 0 Å². The van der Waals surface area contributed by atoms with Gasteiger partial charge in [-0.15, -0.1) is 0 Å². The maximum atomic E-state index is 12.8. The first kappa shape index (κ1) is 13.1. The van der Waals surface area contributed by atoms with Gasteiger partial charge in [-0.05, 0) is 67.8 Å². The van der Waals surface area contributed by atoms with Crippen molar-refractivity contribution in [2.75, 3.05) is 0 Å². The Bertz CT molecular complexity index is 476. The van der Waals surface area contributed by atoms with Crippen LogP contribution in [-0.2, 0) is 4.79 Å². The first-order chi connectivity index (χ1) is 9.56. The van der Waals surface area contributed by atoms with E-state index in [9.17, 15) is 4.79 Å². The molecule has 0 N–H and O–H groups in total. The molecule has 0 heterocycles. The van der Waals surface area contributed by atoms with Crippen LogP contribution in [0.25, 0.3) is 0 Å². The number of allylic oxidation sites excluding steroid dienone is 2. The Kier molecular flexibility index (Phi) is 2.76. The molecule has 0 saturated heterocycles. The molecule has 20 heavy (non-hydrogen) atoms. The van der Waals surface area contributed by atoms with Crippen LogP contribution < -0.4 is 0 Å². The molecule has 0 amide bonds. The lowest BCUT2D eigenvalue weighted by Gasteiger charge is -2.55. The van der Waals surface area contributed by atoms with Gasteiger partial charge in [0.15, 0.2) is 5.78 Å². The van der Waals surface area contributed by atoms with Gasteiger partial charge in [0.1, 0.15) is 0 Å². The molecule has 1 nitrogen and oxygen atoms in total. The van der Waals surface area contributed by atoms with E-state index in [4.69, 9.17) is 0 Å². The summed E-state index contributed by atoms with van der Waals surface area (Å²) in [7, 11) is 0. The summed E-state index contributed by atoms with van der Waals surface area (Å²) < 4.78 is 0. The highest BCUT2D eigenvalue weighted by Crippen LogP contribution is 2.63. The second kappa shape index (κ2) is 4.21. The van der Waals surface area contributed by atoms with E-state index in [2.05, 4.69) is 19.9 Å². The lowest BCUT2D eigenvalue weighted by atomic mass is 9.49. The summed E-state index contributed by atoms with van der Waals surface area (Å²) in [5.74, 6) is 2.73. The van der Waals surface area contributed by atoms with E-state index in [0.29, 0.717) is 17.1 Å². The summed E-state index contributed by atoms with van der Waals surface area (Å²) >= 11 is 0. The zero-order valence-electron chi connectivity index (χ0n) is 13.1. The molecule has 0 aliphatic heterocycles. The molecular weight excluding hydrogens is 244 g/mol. The normalized spacial score (nSPS) is 51.0. The van der Waals surface area contributed by atoms with Gasteiger partial charge in [-0.25, -0.2) is 0 Å². The Hall–Kier alpha value is -0.590. The standard InChI is InChI=1S/C19H28O/c1-18-10-4-3-6-13(18)8-9-14-15-7-5-11-19(15,2)17(20)12-16(14)18/h12-15H,3-11H2,1-2H3/t13-,14+,15+,18+,19-/m1/s1. The topological polar surface area (TPSA) is 17.1 Å². The fourth-order valence-corrected chi connectivity index (χ4v) is 6.35. The molecule has 0 aromatic carbocycles. The van der Waals surface area contributed by atoms with Crippen molar-refractivity contribution in [2.45, 2.75) is 71.6 Å². The van der Waals surface area contributed by atoms with Gasteiger partial charge in [0, 0.05) is 5.41 Å². The molecule has 0 unspecified atom stereocenters. The van der Waals surface area contributed by atoms with Crippen LogP contribution in [0.15, 0.2) is 11.6 Å². The van der Waals surface area contributed by atoms with E-state index < -0.39 is 0 Å². The summed E-state index contributed by atoms with van der Waals surface area (Å²) in [5, 5.41) is 0. The third-order valence-electron chi connectivity index (χ3n) is 7.65. The van der Waals surface area contributed by atoms with E-state index in [1.165, 1.54) is 51.4 Å². The minimum atomic E-state index is -0.00791. The molecule has 4 aliphatic rings. The Morgan fingerprint density at radius 1 is 0.950 bits per heavy atom. The average molecular weight is 272 g/mol. The molecule has 0 aromatic heterocycles. The molecule has 1 heteroatoms. The van der Waals surface area contributed by atoms with E-state index in [-0.39, 0.29) is 5.41 Å². The molecular formula is C19H28O. The monoisotopic (exact) mass is 272 g/mol. The summed E-state index contributed by atoms with van der Waals surface area (Å²) in [4.78, 5) is 12.8. The van der Waals surface area contributed by atoms with Crippen LogP contribution in [0.5, 0.6) is 0 Å². The maximum absolute atomic E-state index is 12.8. The van der Waals surface area contributed by atoms with Crippen molar-refractivity contribution in [3.63, 3.8) is 0 Å². The van der Waals surface area contributed by atoms with Gasteiger partial charge in [-0.2, -0.15) is 0 Å². The van der Waals surface area contributed by atoms with Crippen molar-refractivity contribution in [1.82, 2.24) is 0 Å². The van der Waals surface area contributed by atoms with Gasteiger partial charge in [-0.3, -0.25) is 4.79 Å². The van der Waals surface area contributed by atoms with E-state index >= 15 is 0 Å². The zero-order valence-corrected chi connectivity index (χ0v) is 13.1. The minimum Gasteiger partial charge on any atom is -0.294 e. The minimum absolute atomic E-state index is 0.00791. The highest BCUT2D eigenvalue weighted by Gasteiger charge is 2.56. The molecule has 4 rings (SSSR count). The highest BCUT2D eigenvalue weighted by molar-refractivity contribution is 5.97. The highest BCUT2D eigenvalue weighted by atomic mass is 16.1. The van der Waals surface area contributed by atoms with Crippen LogP contribution in [0.2, 0.25) is 0 Å². The molecule has 0 radical (unpaired) electrons. The SMILES string of the molecule is C[C@@]12CCC[C@H]1[C@@H]1CC[C@H]3CCCC[C@]3(C)C1=CC2=O. The Morgan fingerprint density at radius 2 is 1.75 bits per heavy atom. The molecule has 110 valence electrons. The molecule has 3 fully saturated rings. The van der Waals surface area contributed by atoms with E-state index in [0.717, 1.165) is 18.3 Å². The van der Waals surface area contributed by atoms with Crippen molar-refractivity contribution in [3.05, 3.63) is 11.6 Å². The summed E-state index contributed by atoms with van der Waals surface area (Å²) in [6, 6.07) is 0. The molecule has 0 aromatic rings. The quantitative estimate of drug-likeness (QED) is 0.612. The smallest absolute Gasteiger partial charge is 0.161 e.